The summed E-state index contributed by atoms with van der Waals surface area (Å²) in [4.78, 5) is 14.0. The summed E-state index contributed by atoms with van der Waals surface area (Å²) in [7, 11) is 1.91. The smallest absolute Gasteiger partial charge is 0.239 e. The number of rotatable bonds is 3. The number of nitrogens with one attached hydrogen (secondary N) is 1. The van der Waals surface area contributed by atoms with Crippen LogP contribution in [0.25, 0.3) is 0 Å². The fraction of sp³-hybridized carbons (Fsp3) is 0.917. The van der Waals surface area contributed by atoms with E-state index in [4.69, 9.17) is 4.74 Å². The Kier molecular flexibility index (Phi) is 4.18. The standard InChI is InChI=1S/C12H22N2O2/c1-14(8-10-5-7-16-9-10)12(15)11-4-2-3-6-13-11/h10-11,13H,2-9H2,1H3. The van der Waals surface area contributed by atoms with Crippen molar-refractivity contribution in [3.8, 4) is 0 Å². The molecular formula is C12H22N2O2. The average molecular weight is 226 g/mol. The average Bonchev–Trinajstić information content (AvgIpc) is 2.82. The molecule has 2 aliphatic rings. The van der Waals surface area contributed by atoms with Crippen LogP contribution in [0.2, 0.25) is 0 Å². The van der Waals surface area contributed by atoms with E-state index < -0.39 is 0 Å². The molecule has 1 N–H and O–H groups in total. The van der Waals surface area contributed by atoms with Gasteiger partial charge in [0.15, 0.2) is 0 Å². The van der Waals surface area contributed by atoms with Crippen LogP contribution >= 0.6 is 0 Å². The summed E-state index contributed by atoms with van der Waals surface area (Å²) in [6.07, 6.45) is 4.45. The maximum absolute atomic E-state index is 12.1. The van der Waals surface area contributed by atoms with Crippen LogP contribution in [0.4, 0.5) is 0 Å². The van der Waals surface area contributed by atoms with E-state index in [1.165, 1.54) is 12.8 Å². The molecule has 1 amide bonds. The number of piperidine rings is 1. The monoisotopic (exact) mass is 226 g/mol. The molecule has 2 rings (SSSR count). The van der Waals surface area contributed by atoms with Crippen LogP contribution in [-0.2, 0) is 9.53 Å². The molecule has 4 heteroatoms. The minimum Gasteiger partial charge on any atom is -0.381 e. The van der Waals surface area contributed by atoms with Gasteiger partial charge >= 0.3 is 0 Å². The number of hydrogen-bond acceptors (Lipinski definition) is 3. The largest absolute Gasteiger partial charge is 0.381 e. The molecular weight excluding hydrogens is 204 g/mol. The van der Waals surface area contributed by atoms with Crippen molar-refractivity contribution in [2.24, 2.45) is 5.92 Å². The van der Waals surface area contributed by atoms with Gasteiger partial charge in [0, 0.05) is 26.1 Å². The molecule has 0 bridgehead atoms. The highest BCUT2D eigenvalue weighted by Gasteiger charge is 2.26. The molecule has 0 spiro atoms. The van der Waals surface area contributed by atoms with Crippen molar-refractivity contribution >= 4 is 5.91 Å². The van der Waals surface area contributed by atoms with Gasteiger partial charge in [-0.25, -0.2) is 0 Å². The number of likely N-dealkylation sites (N-methyl/N-ethyl adjacent to an activating group) is 1. The number of carbonyl (C=O) groups excluding carboxylic acids is 1. The highest BCUT2D eigenvalue weighted by atomic mass is 16.5. The molecule has 2 saturated heterocycles. The second kappa shape index (κ2) is 5.64. The van der Waals surface area contributed by atoms with Crippen molar-refractivity contribution in [2.75, 3.05) is 33.4 Å². The molecule has 2 unspecified atom stereocenters. The van der Waals surface area contributed by atoms with Gasteiger partial charge in [0.1, 0.15) is 0 Å². The minimum absolute atomic E-state index is 0.0565. The summed E-state index contributed by atoms with van der Waals surface area (Å²) in [6, 6.07) is 0.0565. The van der Waals surface area contributed by atoms with Crippen molar-refractivity contribution < 1.29 is 9.53 Å². The fourth-order valence-corrected chi connectivity index (χ4v) is 2.53. The van der Waals surface area contributed by atoms with Crippen LogP contribution < -0.4 is 5.32 Å². The van der Waals surface area contributed by atoms with E-state index in [0.29, 0.717) is 5.92 Å². The highest BCUT2D eigenvalue weighted by Crippen LogP contribution is 2.15. The van der Waals surface area contributed by atoms with Crippen molar-refractivity contribution in [3.63, 3.8) is 0 Å². The zero-order chi connectivity index (χ0) is 11.4. The molecule has 92 valence electrons. The Balaban J connectivity index is 1.78. The van der Waals surface area contributed by atoms with E-state index in [-0.39, 0.29) is 11.9 Å². The topological polar surface area (TPSA) is 41.6 Å². The van der Waals surface area contributed by atoms with E-state index in [1.54, 1.807) is 0 Å². The van der Waals surface area contributed by atoms with Gasteiger partial charge < -0.3 is 15.0 Å². The second-order valence-corrected chi connectivity index (χ2v) is 4.95. The molecule has 2 atom stereocenters. The maximum atomic E-state index is 12.1. The van der Waals surface area contributed by atoms with Crippen LogP contribution in [0.5, 0.6) is 0 Å². The van der Waals surface area contributed by atoms with E-state index in [2.05, 4.69) is 5.32 Å². The van der Waals surface area contributed by atoms with Gasteiger partial charge in [-0.3, -0.25) is 4.79 Å². The van der Waals surface area contributed by atoms with Gasteiger partial charge in [-0.2, -0.15) is 0 Å². The van der Waals surface area contributed by atoms with E-state index in [0.717, 1.165) is 39.1 Å². The Morgan fingerprint density at radius 1 is 1.44 bits per heavy atom. The van der Waals surface area contributed by atoms with Crippen molar-refractivity contribution in [3.05, 3.63) is 0 Å². The Hall–Kier alpha value is -0.610. The molecule has 2 heterocycles. The summed E-state index contributed by atoms with van der Waals surface area (Å²) < 4.78 is 5.33. The lowest BCUT2D eigenvalue weighted by atomic mass is 10.0. The van der Waals surface area contributed by atoms with Crippen molar-refractivity contribution in [1.82, 2.24) is 10.2 Å². The van der Waals surface area contributed by atoms with Gasteiger partial charge in [0.25, 0.3) is 0 Å². The van der Waals surface area contributed by atoms with Crippen LogP contribution in [0.15, 0.2) is 0 Å². The number of amides is 1. The van der Waals surface area contributed by atoms with Crippen LogP contribution in [-0.4, -0.2) is 50.2 Å². The Bertz CT molecular complexity index is 233. The molecule has 0 aromatic rings. The Morgan fingerprint density at radius 2 is 2.31 bits per heavy atom. The first-order valence-corrected chi connectivity index (χ1v) is 6.33. The number of carbonyl (C=O) groups is 1. The molecule has 2 fully saturated rings. The van der Waals surface area contributed by atoms with Crippen LogP contribution in [0.1, 0.15) is 25.7 Å². The quantitative estimate of drug-likeness (QED) is 0.767. The predicted molar refractivity (Wildman–Crippen MR) is 62.2 cm³/mol. The number of hydrogen-bond donors (Lipinski definition) is 1. The molecule has 0 radical (unpaired) electrons. The molecule has 4 nitrogen and oxygen atoms in total. The zero-order valence-electron chi connectivity index (χ0n) is 10.1. The molecule has 0 aromatic heterocycles. The lowest BCUT2D eigenvalue weighted by Crippen LogP contribution is -2.48. The molecule has 2 aliphatic heterocycles. The Morgan fingerprint density at radius 3 is 2.94 bits per heavy atom. The summed E-state index contributed by atoms with van der Waals surface area (Å²) in [5.41, 5.74) is 0. The summed E-state index contributed by atoms with van der Waals surface area (Å²) in [5.74, 6) is 0.796. The lowest BCUT2D eigenvalue weighted by Gasteiger charge is -2.28. The third-order valence-corrected chi connectivity index (χ3v) is 3.54. The first-order chi connectivity index (χ1) is 7.77. The molecule has 0 aromatic carbocycles. The Labute approximate surface area is 97.3 Å². The van der Waals surface area contributed by atoms with Crippen molar-refractivity contribution in [2.45, 2.75) is 31.7 Å². The first-order valence-electron chi connectivity index (χ1n) is 6.33. The van der Waals surface area contributed by atoms with E-state index in [9.17, 15) is 4.79 Å². The fourth-order valence-electron chi connectivity index (χ4n) is 2.53. The number of ether oxygens (including phenoxy) is 1. The van der Waals surface area contributed by atoms with Crippen LogP contribution in [0.3, 0.4) is 0 Å². The van der Waals surface area contributed by atoms with Crippen LogP contribution in [0, 0.1) is 5.92 Å². The minimum atomic E-state index is 0.0565. The number of nitrogens with zero attached hydrogens (tertiary/aromatic N) is 1. The normalized spacial score (nSPS) is 30.3. The SMILES string of the molecule is CN(CC1CCOC1)C(=O)C1CCCCN1. The lowest BCUT2D eigenvalue weighted by molar-refractivity contribution is -0.133. The zero-order valence-corrected chi connectivity index (χ0v) is 10.1. The molecule has 0 saturated carbocycles. The van der Waals surface area contributed by atoms with Gasteiger partial charge in [-0.05, 0) is 25.8 Å². The predicted octanol–water partition coefficient (Wildman–Crippen LogP) is 0.623. The summed E-state index contributed by atoms with van der Waals surface area (Å²) in [6.45, 7) is 3.50. The summed E-state index contributed by atoms with van der Waals surface area (Å²) >= 11 is 0. The molecule has 0 aliphatic carbocycles. The van der Waals surface area contributed by atoms with E-state index in [1.807, 2.05) is 11.9 Å². The van der Waals surface area contributed by atoms with Gasteiger partial charge in [-0.1, -0.05) is 6.42 Å². The van der Waals surface area contributed by atoms with Gasteiger partial charge in [-0.15, -0.1) is 0 Å². The van der Waals surface area contributed by atoms with Gasteiger partial charge in [0.05, 0.1) is 12.6 Å². The third kappa shape index (κ3) is 2.95. The second-order valence-electron chi connectivity index (χ2n) is 4.95. The molecule has 16 heavy (non-hydrogen) atoms. The highest BCUT2D eigenvalue weighted by molar-refractivity contribution is 5.81. The maximum Gasteiger partial charge on any atom is 0.239 e. The summed E-state index contributed by atoms with van der Waals surface area (Å²) in [5, 5.41) is 3.30. The third-order valence-electron chi connectivity index (χ3n) is 3.54. The van der Waals surface area contributed by atoms with Crippen molar-refractivity contribution in [1.29, 1.82) is 0 Å². The first kappa shape index (κ1) is 11.9. The van der Waals surface area contributed by atoms with E-state index >= 15 is 0 Å². The van der Waals surface area contributed by atoms with Gasteiger partial charge in [0.2, 0.25) is 5.91 Å².